The molecule has 0 bridgehead atoms. The van der Waals surface area contributed by atoms with E-state index in [1.807, 2.05) is 0 Å². The first-order chi connectivity index (χ1) is 10.6. The topological polar surface area (TPSA) is 52.6 Å². The Kier molecular flexibility index (Phi) is 4.95. The van der Waals surface area contributed by atoms with Crippen LogP contribution in [0.2, 0.25) is 0 Å². The van der Waals surface area contributed by atoms with Crippen LogP contribution in [0.5, 0.6) is 0 Å². The molecule has 2 N–H and O–H groups in total. The Morgan fingerprint density at radius 3 is 2.48 bits per heavy atom. The molecule has 23 heavy (non-hydrogen) atoms. The van der Waals surface area contributed by atoms with E-state index in [1.165, 1.54) is 18.2 Å². The Balaban J connectivity index is 1.94. The number of aliphatic hydroxyl groups is 1. The Morgan fingerprint density at radius 2 is 1.96 bits per heavy atom. The molecule has 1 aromatic carbocycles. The summed E-state index contributed by atoms with van der Waals surface area (Å²) in [4.78, 5) is 13.7. The van der Waals surface area contributed by atoms with Crippen LogP contribution in [0.4, 0.5) is 23.2 Å². The third-order valence-electron chi connectivity index (χ3n) is 4.17. The van der Waals surface area contributed by atoms with Crippen molar-refractivity contribution in [1.82, 2.24) is 4.90 Å². The highest BCUT2D eigenvalue weighted by atomic mass is 19.4. The summed E-state index contributed by atoms with van der Waals surface area (Å²) in [6.07, 6.45) is -5.63. The first-order valence-electron chi connectivity index (χ1n) is 7.22. The van der Waals surface area contributed by atoms with Crippen LogP contribution in [0.15, 0.2) is 24.3 Å². The van der Waals surface area contributed by atoms with Crippen molar-refractivity contribution in [2.45, 2.75) is 37.6 Å². The molecule has 1 unspecified atom stereocenters. The average molecular weight is 334 g/mol. The van der Waals surface area contributed by atoms with E-state index >= 15 is 0 Å². The van der Waals surface area contributed by atoms with Crippen LogP contribution >= 0.6 is 0 Å². The number of carbonyl (C=O) groups is 1. The van der Waals surface area contributed by atoms with Crippen molar-refractivity contribution < 1.29 is 27.5 Å². The molecule has 1 amide bonds. The lowest BCUT2D eigenvalue weighted by Gasteiger charge is -2.40. The lowest BCUT2D eigenvalue weighted by Crippen LogP contribution is -2.56. The molecule has 1 aromatic rings. The predicted molar refractivity (Wildman–Crippen MR) is 76.3 cm³/mol. The highest BCUT2D eigenvalue weighted by molar-refractivity contribution is 5.94. The molecule has 1 heterocycles. The molecule has 0 spiro atoms. The first kappa shape index (κ1) is 17.7. The molecule has 1 aliphatic heterocycles. The molecule has 8 heteroatoms. The Labute approximate surface area is 131 Å². The number of anilines is 1. The zero-order valence-electron chi connectivity index (χ0n) is 12.5. The van der Waals surface area contributed by atoms with Crippen molar-refractivity contribution in [3.8, 4) is 0 Å². The van der Waals surface area contributed by atoms with Gasteiger partial charge in [-0.3, -0.25) is 9.69 Å². The van der Waals surface area contributed by atoms with Crippen LogP contribution in [-0.4, -0.2) is 46.8 Å². The number of nitrogens with one attached hydrogen (secondary N) is 1. The first-order valence-corrected chi connectivity index (χ1v) is 7.22. The summed E-state index contributed by atoms with van der Waals surface area (Å²) in [5.74, 6) is -0.934. The third-order valence-corrected chi connectivity index (χ3v) is 4.17. The summed E-state index contributed by atoms with van der Waals surface area (Å²) in [6, 6.07) is 4.67. The molecule has 4 nitrogen and oxygen atoms in total. The van der Waals surface area contributed by atoms with Gasteiger partial charge in [0.05, 0.1) is 6.04 Å². The van der Waals surface area contributed by atoms with Gasteiger partial charge in [-0.25, -0.2) is 4.39 Å². The van der Waals surface area contributed by atoms with E-state index < -0.39 is 42.4 Å². The minimum Gasteiger partial charge on any atom is -0.380 e. The number of benzene rings is 1. The Bertz CT molecular complexity index is 569. The summed E-state index contributed by atoms with van der Waals surface area (Å²) in [6.45, 7) is 1.47. The fourth-order valence-corrected chi connectivity index (χ4v) is 2.54. The monoisotopic (exact) mass is 334 g/mol. The molecule has 0 aliphatic carbocycles. The molecule has 0 aromatic heterocycles. The normalized spacial score (nSPS) is 20.1. The fourth-order valence-electron chi connectivity index (χ4n) is 2.54. The molecule has 1 atom stereocenters. The average Bonchev–Trinajstić information content (AvgIpc) is 2.46. The molecule has 1 aliphatic rings. The van der Waals surface area contributed by atoms with Crippen LogP contribution in [0.3, 0.4) is 0 Å². The maximum atomic E-state index is 13.1. The van der Waals surface area contributed by atoms with Crippen molar-refractivity contribution in [1.29, 1.82) is 0 Å². The van der Waals surface area contributed by atoms with E-state index in [4.69, 9.17) is 0 Å². The SMILES string of the molecule is CC(C(=O)Nc1cccc(F)c1)N1CCC(O)(C(F)(F)F)CC1. The molecule has 1 fully saturated rings. The van der Waals surface area contributed by atoms with Crippen molar-refractivity contribution in [3.63, 3.8) is 0 Å². The number of halogens is 4. The summed E-state index contributed by atoms with van der Waals surface area (Å²) in [5.41, 5.74) is -2.41. The molecular formula is C15H18F4N2O2. The van der Waals surface area contributed by atoms with Gasteiger partial charge in [-0.1, -0.05) is 6.07 Å². The Hall–Kier alpha value is -1.67. The summed E-state index contributed by atoms with van der Waals surface area (Å²) < 4.78 is 51.3. The lowest BCUT2D eigenvalue weighted by molar-refractivity contribution is -0.273. The quantitative estimate of drug-likeness (QED) is 0.836. The maximum Gasteiger partial charge on any atom is 0.417 e. The molecule has 0 radical (unpaired) electrons. The minimum absolute atomic E-state index is 0.0479. The molecule has 0 saturated carbocycles. The summed E-state index contributed by atoms with van der Waals surface area (Å²) in [7, 11) is 0. The van der Waals surface area contributed by atoms with Crippen LogP contribution < -0.4 is 5.32 Å². The zero-order valence-corrected chi connectivity index (χ0v) is 12.5. The standard InChI is InChI=1S/C15H18F4N2O2/c1-10(13(22)20-12-4-2-3-11(16)9-12)21-7-5-14(23,6-8-21)15(17,18)19/h2-4,9-10,23H,5-8H2,1H3,(H,20,22). The van der Waals surface area contributed by atoms with Crippen molar-refractivity contribution in [2.24, 2.45) is 0 Å². The summed E-state index contributed by atoms with van der Waals surface area (Å²) >= 11 is 0. The van der Waals surface area contributed by atoms with E-state index in [-0.39, 0.29) is 18.8 Å². The number of piperidine rings is 1. The van der Waals surface area contributed by atoms with Crippen molar-refractivity contribution in [3.05, 3.63) is 30.1 Å². The van der Waals surface area contributed by atoms with Crippen molar-refractivity contribution >= 4 is 11.6 Å². The number of carbonyl (C=O) groups excluding carboxylic acids is 1. The predicted octanol–water partition coefficient (Wildman–Crippen LogP) is 2.54. The Morgan fingerprint density at radius 1 is 1.35 bits per heavy atom. The second-order valence-electron chi connectivity index (χ2n) is 5.74. The smallest absolute Gasteiger partial charge is 0.380 e. The zero-order chi connectivity index (χ0) is 17.3. The fraction of sp³-hybridized carbons (Fsp3) is 0.533. The number of nitrogens with zero attached hydrogens (tertiary/aromatic N) is 1. The van der Waals surface area contributed by atoms with Crippen LogP contribution in [0.1, 0.15) is 19.8 Å². The molecule has 1 saturated heterocycles. The third kappa shape index (κ3) is 4.00. The number of hydrogen-bond donors (Lipinski definition) is 2. The lowest BCUT2D eigenvalue weighted by atomic mass is 9.90. The second-order valence-corrected chi connectivity index (χ2v) is 5.74. The number of amides is 1. The van der Waals surface area contributed by atoms with E-state index in [1.54, 1.807) is 11.8 Å². The van der Waals surface area contributed by atoms with Gasteiger partial charge in [-0.15, -0.1) is 0 Å². The van der Waals surface area contributed by atoms with Gasteiger partial charge in [0.15, 0.2) is 5.60 Å². The van der Waals surface area contributed by atoms with Gasteiger partial charge < -0.3 is 10.4 Å². The number of alkyl halides is 3. The molecular weight excluding hydrogens is 316 g/mol. The largest absolute Gasteiger partial charge is 0.417 e. The second kappa shape index (κ2) is 6.45. The molecule has 2 rings (SSSR count). The van der Waals surface area contributed by atoms with E-state index in [0.717, 1.165) is 6.07 Å². The summed E-state index contributed by atoms with van der Waals surface area (Å²) in [5, 5.41) is 12.1. The number of likely N-dealkylation sites (tertiary alicyclic amines) is 1. The minimum atomic E-state index is -4.67. The van der Waals surface area contributed by atoms with Gasteiger partial charge in [-0.05, 0) is 38.0 Å². The van der Waals surface area contributed by atoms with E-state index in [0.29, 0.717) is 0 Å². The maximum absolute atomic E-state index is 13.1. The van der Waals surface area contributed by atoms with Crippen molar-refractivity contribution in [2.75, 3.05) is 18.4 Å². The molecule has 128 valence electrons. The van der Waals surface area contributed by atoms with E-state index in [9.17, 15) is 27.5 Å². The van der Waals surface area contributed by atoms with E-state index in [2.05, 4.69) is 5.32 Å². The highest BCUT2D eigenvalue weighted by Gasteiger charge is 2.54. The van der Waals surface area contributed by atoms with Crippen LogP contribution in [0, 0.1) is 5.82 Å². The highest BCUT2D eigenvalue weighted by Crippen LogP contribution is 2.38. The van der Waals surface area contributed by atoms with Gasteiger partial charge in [0.25, 0.3) is 0 Å². The number of hydrogen-bond acceptors (Lipinski definition) is 3. The number of rotatable bonds is 3. The van der Waals surface area contributed by atoms with Crippen LogP contribution in [0.25, 0.3) is 0 Å². The van der Waals surface area contributed by atoms with Gasteiger partial charge in [0, 0.05) is 18.8 Å². The van der Waals surface area contributed by atoms with Crippen LogP contribution in [-0.2, 0) is 4.79 Å². The van der Waals surface area contributed by atoms with Gasteiger partial charge >= 0.3 is 6.18 Å². The van der Waals surface area contributed by atoms with Gasteiger partial charge in [0.2, 0.25) is 5.91 Å². The van der Waals surface area contributed by atoms with Gasteiger partial charge in [0.1, 0.15) is 5.82 Å². The van der Waals surface area contributed by atoms with Gasteiger partial charge in [-0.2, -0.15) is 13.2 Å².